The summed E-state index contributed by atoms with van der Waals surface area (Å²) in [6.45, 7) is 3.71. The van der Waals surface area contributed by atoms with Crippen LogP contribution in [0, 0.1) is 0 Å². The zero-order valence-corrected chi connectivity index (χ0v) is 15.8. The average Bonchev–Trinajstić information content (AvgIpc) is 2.95. The molecule has 0 bridgehead atoms. The molecule has 28 heavy (non-hydrogen) atoms. The van der Waals surface area contributed by atoms with Crippen LogP contribution in [0.25, 0.3) is 0 Å². The van der Waals surface area contributed by atoms with E-state index in [1.165, 1.54) is 6.07 Å². The smallest absolute Gasteiger partial charge is 0.410 e. The van der Waals surface area contributed by atoms with Gasteiger partial charge in [0.25, 0.3) is 5.92 Å². The lowest BCUT2D eigenvalue weighted by atomic mass is 9.71. The maximum absolute atomic E-state index is 15.2. The van der Waals surface area contributed by atoms with Gasteiger partial charge >= 0.3 is 12.1 Å². The van der Waals surface area contributed by atoms with Crippen LogP contribution >= 0.6 is 0 Å². The Morgan fingerprint density at radius 3 is 2.54 bits per heavy atom. The van der Waals surface area contributed by atoms with Crippen molar-refractivity contribution in [1.82, 2.24) is 4.90 Å². The van der Waals surface area contributed by atoms with Crippen LogP contribution in [0.4, 0.5) is 13.6 Å². The molecule has 2 aliphatic heterocycles. The number of piperidine rings is 1. The molecule has 0 saturated carbocycles. The van der Waals surface area contributed by atoms with Crippen molar-refractivity contribution in [2.45, 2.75) is 44.1 Å². The first-order valence-electron chi connectivity index (χ1n) is 8.76. The number of hydrogen-bond acceptors (Lipinski definition) is 5. The number of carboxylic acids is 1. The molecule has 7 nitrogen and oxygen atoms in total. The van der Waals surface area contributed by atoms with E-state index in [0.29, 0.717) is 6.29 Å². The van der Waals surface area contributed by atoms with Crippen molar-refractivity contribution < 1.29 is 37.7 Å². The number of carbonyl (C=O) groups is 3. The van der Waals surface area contributed by atoms with Gasteiger partial charge in [0.05, 0.1) is 23.1 Å². The van der Waals surface area contributed by atoms with Crippen molar-refractivity contribution in [3.05, 3.63) is 28.8 Å². The first-order valence-corrected chi connectivity index (χ1v) is 8.76. The minimum absolute atomic E-state index is 0.0183. The molecule has 1 aromatic rings. The van der Waals surface area contributed by atoms with Crippen molar-refractivity contribution in [2.24, 2.45) is 0 Å². The minimum atomic E-state index is -3.36. The second-order valence-corrected chi connectivity index (χ2v) is 8.05. The molecule has 1 spiro atoms. The van der Waals surface area contributed by atoms with Crippen LogP contribution in [0.15, 0.2) is 12.1 Å². The van der Waals surface area contributed by atoms with Gasteiger partial charge in [0, 0.05) is 12.1 Å². The quantitative estimate of drug-likeness (QED) is 0.771. The number of aromatic carboxylic acids is 1. The molecular weight excluding hydrogens is 376 g/mol. The van der Waals surface area contributed by atoms with Crippen molar-refractivity contribution in [3.63, 3.8) is 0 Å². The lowest BCUT2D eigenvalue weighted by Gasteiger charge is -2.44. The minimum Gasteiger partial charge on any atom is -0.491 e. The van der Waals surface area contributed by atoms with Gasteiger partial charge in [-0.15, -0.1) is 0 Å². The third-order valence-corrected chi connectivity index (χ3v) is 5.07. The maximum atomic E-state index is 15.2. The Balaban J connectivity index is 1.95. The number of carbonyl (C=O) groups excluding carboxylic acids is 2. The summed E-state index contributed by atoms with van der Waals surface area (Å²) in [4.78, 5) is 35.8. The Labute approximate surface area is 160 Å². The predicted octanol–water partition coefficient (Wildman–Crippen LogP) is 3.10. The standard InChI is InChI=1S/C19H21F2NO6/c1-17(2,3)28-16(26)22-7-6-18(19(20,21)9-22)10-27-14-12(8-23)11(15(24)25)4-5-13(14)18/h4-5,8H,6-7,9-10H2,1-3H3,(H,24,25). The van der Waals surface area contributed by atoms with Gasteiger partial charge in [-0.05, 0) is 33.3 Å². The Morgan fingerprint density at radius 2 is 2.00 bits per heavy atom. The van der Waals surface area contributed by atoms with Gasteiger partial charge in [-0.25, -0.2) is 18.4 Å². The van der Waals surface area contributed by atoms with E-state index in [4.69, 9.17) is 9.47 Å². The van der Waals surface area contributed by atoms with Crippen LogP contribution < -0.4 is 4.74 Å². The van der Waals surface area contributed by atoms with Crippen molar-refractivity contribution in [1.29, 1.82) is 0 Å². The second kappa shape index (κ2) is 6.42. The van der Waals surface area contributed by atoms with Gasteiger partial charge in [-0.1, -0.05) is 6.07 Å². The summed E-state index contributed by atoms with van der Waals surface area (Å²) in [5.74, 6) is -4.83. The molecule has 1 saturated heterocycles. The Morgan fingerprint density at radius 1 is 1.32 bits per heavy atom. The van der Waals surface area contributed by atoms with E-state index in [-0.39, 0.29) is 35.4 Å². The number of benzene rings is 1. The van der Waals surface area contributed by atoms with Crippen LogP contribution in [-0.2, 0) is 10.2 Å². The molecule has 1 N–H and O–H groups in total. The molecule has 2 aliphatic rings. The van der Waals surface area contributed by atoms with Gasteiger partial charge in [0.2, 0.25) is 0 Å². The highest BCUT2D eigenvalue weighted by atomic mass is 19.3. The monoisotopic (exact) mass is 397 g/mol. The number of rotatable bonds is 2. The predicted molar refractivity (Wildman–Crippen MR) is 93.3 cm³/mol. The van der Waals surface area contributed by atoms with E-state index in [0.717, 1.165) is 11.0 Å². The summed E-state index contributed by atoms with van der Waals surface area (Å²) < 4.78 is 41.1. The van der Waals surface area contributed by atoms with Crippen LogP contribution in [0.5, 0.6) is 5.75 Å². The molecule has 9 heteroatoms. The number of nitrogens with zero attached hydrogens (tertiary/aromatic N) is 1. The molecule has 152 valence electrons. The first-order chi connectivity index (χ1) is 12.9. The molecule has 0 aromatic heterocycles. The SMILES string of the molecule is CC(C)(C)OC(=O)N1CCC2(COc3c2ccc(C(=O)O)c3C=O)C(F)(F)C1. The van der Waals surface area contributed by atoms with E-state index in [2.05, 4.69) is 0 Å². The fraction of sp³-hybridized carbons (Fsp3) is 0.526. The third kappa shape index (κ3) is 3.08. The average molecular weight is 397 g/mol. The van der Waals surface area contributed by atoms with Crippen LogP contribution in [0.2, 0.25) is 0 Å². The summed E-state index contributed by atoms with van der Waals surface area (Å²) in [5.41, 5.74) is -3.02. The van der Waals surface area contributed by atoms with Gasteiger partial charge in [-0.2, -0.15) is 0 Å². The fourth-order valence-electron chi connectivity index (χ4n) is 3.68. The van der Waals surface area contributed by atoms with E-state index in [1.807, 2.05) is 0 Å². The number of carboxylic acid groups (broad SMARTS) is 1. The summed E-state index contributed by atoms with van der Waals surface area (Å²) in [7, 11) is 0. The van der Waals surface area contributed by atoms with Crippen molar-refractivity contribution in [2.75, 3.05) is 19.7 Å². The number of hydrogen-bond donors (Lipinski definition) is 1. The highest BCUT2D eigenvalue weighted by Crippen LogP contribution is 2.53. The highest BCUT2D eigenvalue weighted by Gasteiger charge is 2.62. The van der Waals surface area contributed by atoms with Gasteiger partial charge < -0.3 is 19.5 Å². The molecule has 1 unspecified atom stereocenters. The number of fused-ring (bicyclic) bond motifs is 2. The number of alkyl halides is 2. The fourth-order valence-corrected chi connectivity index (χ4v) is 3.68. The lowest BCUT2D eigenvalue weighted by Crippen LogP contribution is -2.60. The Hall–Kier alpha value is -2.71. The lowest BCUT2D eigenvalue weighted by molar-refractivity contribution is -0.132. The Bertz CT molecular complexity index is 848. The zero-order chi connectivity index (χ0) is 20.9. The molecule has 3 rings (SSSR count). The second-order valence-electron chi connectivity index (χ2n) is 8.05. The molecule has 0 radical (unpaired) electrons. The van der Waals surface area contributed by atoms with Gasteiger partial charge in [0.15, 0.2) is 6.29 Å². The first kappa shape index (κ1) is 20.0. The molecule has 1 fully saturated rings. The van der Waals surface area contributed by atoms with E-state index in [1.54, 1.807) is 20.8 Å². The Kier molecular flexibility index (Phi) is 4.60. The van der Waals surface area contributed by atoms with Crippen molar-refractivity contribution >= 4 is 18.3 Å². The highest BCUT2D eigenvalue weighted by molar-refractivity contribution is 5.99. The van der Waals surface area contributed by atoms with Crippen LogP contribution in [-0.4, -0.2) is 59.6 Å². The van der Waals surface area contributed by atoms with Crippen LogP contribution in [0.1, 0.15) is 53.5 Å². The number of likely N-dealkylation sites (tertiary alicyclic amines) is 1. The molecular formula is C19H21F2NO6. The number of ether oxygens (including phenoxy) is 2. The van der Waals surface area contributed by atoms with E-state index >= 15 is 8.78 Å². The molecule has 1 aromatic carbocycles. The maximum Gasteiger partial charge on any atom is 0.410 e. The number of amides is 1. The molecule has 1 atom stereocenters. The largest absolute Gasteiger partial charge is 0.491 e. The van der Waals surface area contributed by atoms with Crippen LogP contribution in [0.3, 0.4) is 0 Å². The summed E-state index contributed by atoms with van der Waals surface area (Å²) in [5, 5.41) is 9.20. The summed E-state index contributed by atoms with van der Waals surface area (Å²) in [6, 6.07) is 2.41. The number of aldehydes is 1. The summed E-state index contributed by atoms with van der Waals surface area (Å²) >= 11 is 0. The van der Waals surface area contributed by atoms with Crippen molar-refractivity contribution in [3.8, 4) is 5.75 Å². The van der Waals surface area contributed by atoms with Gasteiger partial charge in [0.1, 0.15) is 18.0 Å². The normalized spacial score (nSPS) is 23.1. The summed E-state index contributed by atoms with van der Waals surface area (Å²) in [6.07, 6.45) is -0.636. The van der Waals surface area contributed by atoms with Gasteiger partial charge in [-0.3, -0.25) is 4.79 Å². The molecule has 2 heterocycles. The third-order valence-electron chi connectivity index (χ3n) is 5.07. The number of halogens is 2. The molecule has 1 amide bonds. The van der Waals surface area contributed by atoms with E-state index < -0.39 is 42.2 Å². The molecule has 0 aliphatic carbocycles. The zero-order valence-electron chi connectivity index (χ0n) is 15.8. The van der Waals surface area contributed by atoms with E-state index in [9.17, 15) is 19.5 Å². The topological polar surface area (TPSA) is 93.1 Å².